The number of amides is 2. The van der Waals surface area contributed by atoms with E-state index < -0.39 is 0 Å². The lowest BCUT2D eigenvalue weighted by atomic mass is 10.1. The number of hydrogen-bond donors (Lipinski definition) is 1. The highest BCUT2D eigenvalue weighted by Crippen LogP contribution is 2.31. The molecular weight excluding hydrogens is 292 g/mol. The standard InChI is InChI=1S/C18H18N2O3/c21-17(19-11-10-14-6-2-1-3-7-14)12-20-15-8-4-5-9-16(15)23-13-18(20)22/h1-9H,10-13H2,(H,19,21). The Balaban J connectivity index is 1.56. The average molecular weight is 310 g/mol. The Labute approximate surface area is 134 Å². The van der Waals surface area contributed by atoms with Crippen LogP contribution in [0.1, 0.15) is 5.56 Å². The van der Waals surface area contributed by atoms with Crippen molar-refractivity contribution in [3.05, 3.63) is 60.2 Å². The molecule has 0 aliphatic carbocycles. The lowest BCUT2D eigenvalue weighted by Crippen LogP contribution is -2.45. The van der Waals surface area contributed by atoms with Crippen LogP contribution in [0.4, 0.5) is 5.69 Å². The minimum atomic E-state index is -0.207. The number of rotatable bonds is 5. The predicted octanol–water partition coefficient (Wildman–Crippen LogP) is 1.77. The highest BCUT2D eigenvalue weighted by molar-refractivity contribution is 6.02. The molecule has 0 bridgehead atoms. The second-order valence-corrected chi connectivity index (χ2v) is 5.32. The first-order chi connectivity index (χ1) is 11.2. The van der Waals surface area contributed by atoms with Crippen molar-refractivity contribution in [3.63, 3.8) is 0 Å². The molecule has 0 saturated heterocycles. The summed E-state index contributed by atoms with van der Waals surface area (Å²) < 4.78 is 5.36. The molecule has 23 heavy (non-hydrogen) atoms. The first-order valence-electron chi connectivity index (χ1n) is 7.57. The lowest BCUT2D eigenvalue weighted by Gasteiger charge is -2.28. The van der Waals surface area contributed by atoms with Gasteiger partial charge in [0.15, 0.2) is 6.61 Å². The van der Waals surface area contributed by atoms with E-state index >= 15 is 0 Å². The van der Waals surface area contributed by atoms with Gasteiger partial charge >= 0.3 is 0 Å². The van der Waals surface area contributed by atoms with Crippen molar-refractivity contribution in [3.8, 4) is 5.75 Å². The molecule has 1 N–H and O–H groups in total. The third-order valence-corrected chi connectivity index (χ3v) is 3.69. The maximum absolute atomic E-state index is 12.1. The van der Waals surface area contributed by atoms with E-state index in [0.29, 0.717) is 18.0 Å². The number of nitrogens with zero attached hydrogens (tertiary/aromatic N) is 1. The molecule has 0 fully saturated rings. The summed E-state index contributed by atoms with van der Waals surface area (Å²) in [4.78, 5) is 25.6. The molecule has 5 heteroatoms. The van der Waals surface area contributed by atoms with Crippen LogP contribution < -0.4 is 15.0 Å². The molecule has 1 aliphatic rings. The largest absolute Gasteiger partial charge is 0.482 e. The zero-order valence-corrected chi connectivity index (χ0v) is 12.7. The second kappa shape index (κ2) is 6.96. The van der Waals surface area contributed by atoms with E-state index in [0.717, 1.165) is 6.42 Å². The van der Waals surface area contributed by atoms with Gasteiger partial charge in [0.2, 0.25) is 5.91 Å². The lowest BCUT2D eigenvalue weighted by molar-refractivity contribution is -0.125. The van der Waals surface area contributed by atoms with Crippen molar-refractivity contribution in [2.45, 2.75) is 6.42 Å². The van der Waals surface area contributed by atoms with Gasteiger partial charge in [-0.3, -0.25) is 14.5 Å². The van der Waals surface area contributed by atoms with E-state index in [-0.39, 0.29) is 25.0 Å². The fraction of sp³-hybridized carbons (Fsp3) is 0.222. The molecule has 2 aromatic carbocycles. The van der Waals surface area contributed by atoms with Crippen molar-refractivity contribution in [1.29, 1.82) is 0 Å². The van der Waals surface area contributed by atoms with Gasteiger partial charge in [-0.25, -0.2) is 0 Å². The number of fused-ring (bicyclic) bond motifs is 1. The summed E-state index contributed by atoms with van der Waals surface area (Å²) in [5.74, 6) is 0.247. The van der Waals surface area contributed by atoms with Crippen molar-refractivity contribution in [2.24, 2.45) is 0 Å². The van der Waals surface area contributed by atoms with Crippen LogP contribution in [0.15, 0.2) is 54.6 Å². The van der Waals surface area contributed by atoms with Crippen molar-refractivity contribution >= 4 is 17.5 Å². The van der Waals surface area contributed by atoms with Gasteiger partial charge in [-0.05, 0) is 24.1 Å². The summed E-state index contributed by atoms with van der Waals surface area (Å²) in [6.45, 7) is 0.519. The molecule has 3 rings (SSSR count). The highest BCUT2D eigenvalue weighted by Gasteiger charge is 2.26. The van der Waals surface area contributed by atoms with Gasteiger partial charge in [0, 0.05) is 6.54 Å². The number of carbonyl (C=O) groups is 2. The van der Waals surface area contributed by atoms with Crippen molar-refractivity contribution < 1.29 is 14.3 Å². The fourth-order valence-corrected chi connectivity index (χ4v) is 2.52. The van der Waals surface area contributed by atoms with Crippen LogP contribution in [0.2, 0.25) is 0 Å². The summed E-state index contributed by atoms with van der Waals surface area (Å²) in [7, 11) is 0. The first-order valence-corrected chi connectivity index (χ1v) is 7.57. The minimum Gasteiger partial charge on any atom is -0.482 e. The molecule has 2 aromatic rings. The zero-order valence-electron chi connectivity index (χ0n) is 12.7. The number of ether oxygens (including phenoxy) is 1. The van der Waals surface area contributed by atoms with Gasteiger partial charge < -0.3 is 10.1 Å². The van der Waals surface area contributed by atoms with Gasteiger partial charge in [-0.2, -0.15) is 0 Å². The Morgan fingerprint density at radius 3 is 2.65 bits per heavy atom. The minimum absolute atomic E-state index is 0.00793. The normalized spacial score (nSPS) is 13.2. The molecule has 0 atom stereocenters. The molecule has 2 amide bonds. The number of para-hydroxylation sites is 2. The highest BCUT2D eigenvalue weighted by atomic mass is 16.5. The van der Waals surface area contributed by atoms with Gasteiger partial charge in [-0.1, -0.05) is 42.5 Å². The monoisotopic (exact) mass is 310 g/mol. The van der Waals surface area contributed by atoms with Crippen LogP contribution in [0, 0.1) is 0 Å². The maximum atomic E-state index is 12.1. The fourth-order valence-electron chi connectivity index (χ4n) is 2.52. The van der Waals surface area contributed by atoms with E-state index in [9.17, 15) is 9.59 Å². The van der Waals surface area contributed by atoms with Gasteiger partial charge in [0.25, 0.3) is 5.91 Å². The van der Waals surface area contributed by atoms with Crippen molar-refractivity contribution in [1.82, 2.24) is 5.32 Å². The third kappa shape index (κ3) is 3.69. The maximum Gasteiger partial charge on any atom is 0.265 e. The molecular formula is C18H18N2O3. The van der Waals surface area contributed by atoms with Gasteiger partial charge in [0.1, 0.15) is 12.3 Å². The van der Waals surface area contributed by atoms with Gasteiger partial charge in [0.05, 0.1) is 5.69 Å². The van der Waals surface area contributed by atoms with E-state index in [1.807, 2.05) is 42.5 Å². The third-order valence-electron chi connectivity index (χ3n) is 3.69. The molecule has 0 spiro atoms. The topological polar surface area (TPSA) is 58.6 Å². The Hall–Kier alpha value is -2.82. The van der Waals surface area contributed by atoms with Crippen LogP contribution >= 0.6 is 0 Å². The predicted molar refractivity (Wildman–Crippen MR) is 87.4 cm³/mol. The Kier molecular flexibility index (Phi) is 4.57. The zero-order chi connectivity index (χ0) is 16.1. The van der Waals surface area contributed by atoms with Crippen molar-refractivity contribution in [2.75, 3.05) is 24.6 Å². The molecule has 5 nitrogen and oxygen atoms in total. The molecule has 0 aromatic heterocycles. The molecule has 118 valence electrons. The number of hydrogen-bond acceptors (Lipinski definition) is 3. The molecule has 0 radical (unpaired) electrons. The van der Waals surface area contributed by atoms with Crippen LogP contribution in [-0.4, -0.2) is 31.5 Å². The summed E-state index contributed by atoms with van der Waals surface area (Å²) >= 11 is 0. The van der Waals surface area contributed by atoms with E-state index in [1.165, 1.54) is 10.5 Å². The Morgan fingerprint density at radius 1 is 1.09 bits per heavy atom. The summed E-state index contributed by atoms with van der Waals surface area (Å²) in [6, 6.07) is 17.2. The summed E-state index contributed by atoms with van der Waals surface area (Å²) in [5, 5.41) is 2.86. The van der Waals surface area contributed by atoms with Crippen LogP contribution in [-0.2, 0) is 16.0 Å². The SMILES string of the molecule is O=C(CN1C(=O)COc2ccccc21)NCCc1ccccc1. The number of benzene rings is 2. The first kappa shape index (κ1) is 15.1. The number of anilines is 1. The number of carbonyl (C=O) groups excluding carboxylic acids is 2. The van der Waals surface area contributed by atoms with Crippen LogP contribution in [0.5, 0.6) is 5.75 Å². The Morgan fingerprint density at radius 2 is 1.83 bits per heavy atom. The van der Waals surface area contributed by atoms with E-state index in [4.69, 9.17) is 4.74 Å². The molecule has 1 heterocycles. The molecule has 0 saturated carbocycles. The smallest absolute Gasteiger partial charge is 0.265 e. The molecule has 0 unspecified atom stereocenters. The Bertz CT molecular complexity index is 700. The quantitative estimate of drug-likeness (QED) is 0.915. The summed E-state index contributed by atoms with van der Waals surface area (Å²) in [6.07, 6.45) is 0.764. The second-order valence-electron chi connectivity index (χ2n) is 5.32. The van der Waals surface area contributed by atoms with Crippen LogP contribution in [0.3, 0.4) is 0 Å². The molecule has 1 aliphatic heterocycles. The van der Waals surface area contributed by atoms with E-state index in [2.05, 4.69) is 5.32 Å². The van der Waals surface area contributed by atoms with Crippen LogP contribution in [0.25, 0.3) is 0 Å². The summed E-state index contributed by atoms with van der Waals surface area (Å²) in [5.41, 5.74) is 1.81. The number of nitrogens with one attached hydrogen (secondary N) is 1. The average Bonchev–Trinajstić information content (AvgIpc) is 2.58. The van der Waals surface area contributed by atoms with Gasteiger partial charge in [-0.15, -0.1) is 0 Å². The van der Waals surface area contributed by atoms with E-state index in [1.54, 1.807) is 12.1 Å².